The first-order valence-electron chi connectivity index (χ1n) is 5.32. The molecule has 12 heavy (non-hydrogen) atoms. The van der Waals surface area contributed by atoms with Crippen molar-refractivity contribution in [1.29, 1.82) is 0 Å². The molecule has 72 valence electrons. The van der Waals surface area contributed by atoms with Crippen molar-refractivity contribution >= 4 is 8.58 Å². The van der Waals surface area contributed by atoms with Crippen LogP contribution in [0.5, 0.6) is 0 Å². The second-order valence-electron chi connectivity index (χ2n) is 4.72. The van der Waals surface area contributed by atoms with Gasteiger partial charge in [-0.1, -0.05) is 27.2 Å². The molecule has 1 aliphatic rings. The smallest absolute Gasteiger partial charge is 0.0206 e. The molecule has 4 unspecified atom stereocenters. The summed E-state index contributed by atoms with van der Waals surface area (Å²) >= 11 is 0. The molecule has 1 heteroatoms. The summed E-state index contributed by atoms with van der Waals surface area (Å²) in [5.74, 6) is 2.94. The summed E-state index contributed by atoms with van der Waals surface area (Å²) in [4.78, 5) is 0. The third-order valence-corrected chi connectivity index (χ3v) is 4.80. The predicted octanol–water partition coefficient (Wildman–Crippen LogP) is 3.76. The molecule has 0 aromatic heterocycles. The summed E-state index contributed by atoms with van der Waals surface area (Å²) in [5.41, 5.74) is 1.05. The molecule has 1 saturated carbocycles. The van der Waals surface area contributed by atoms with Crippen molar-refractivity contribution in [3.63, 3.8) is 0 Å². The second kappa shape index (κ2) is 4.61. The van der Waals surface area contributed by atoms with Crippen molar-refractivity contribution in [2.24, 2.45) is 17.8 Å². The standard InChI is InChI=1S/C11H23P/c1-8(2)10-6-5-9(3)7-11(10)12-4/h8-12H,5-7H2,1-4H3. The zero-order chi connectivity index (χ0) is 9.14. The van der Waals surface area contributed by atoms with Crippen LogP contribution in [-0.2, 0) is 0 Å². The van der Waals surface area contributed by atoms with Gasteiger partial charge in [0.15, 0.2) is 0 Å². The van der Waals surface area contributed by atoms with Crippen molar-refractivity contribution in [2.75, 3.05) is 6.66 Å². The third kappa shape index (κ3) is 2.46. The maximum absolute atomic E-state index is 2.42. The van der Waals surface area contributed by atoms with Gasteiger partial charge in [0.25, 0.3) is 0 Å². The Morgan fingerprint density at radius 1 is 1.25 bits per heavy atom. The molecule has 0 heterocycles. The lowest BCUT2D eigenvalue weighted by Crippen LogP contribution is -2.28. The van der Waals surface area contributed by atoms with Gasteiger partial charge in [-0.05, 0) is 42.9 Å². The van der Waals surface area contributed by atoms with E-state index in [2.05, 4.69) is 27.4 Å². The Morgan fingerprint density at radius 2 is 1.92 bits per heavy atom. The number of rotatable bonds is 2. The van der Waals surface area contributed by atoms with E-state index in [4.69, 9.17) is 0 Å². The summed E-state index contributed by atoms with van der Waals surface area (Å²) in [5, 5.41) is 0. The molecule has 0 aromatic rings. The van der Waals surface area contributed by atoms with E-state index < -0.39 is 0 Å². The fourth-order valence-corrected chi connectivity index (χ4v) is 4.15. The summed E-state index contributed by atoms with van der Waals surface area (Å²) < 4.78 is 0. The maximum Gasteiger partial charge on any atom is -0.0206 e. The van der Waals surface area contributed by atoms with Gasteiger partial charge >= 0.3 is 0 Å². The molecule has 0 aromatic carbocycles. The lowest BCUT2D eigenvalue weighted by molar-refractivity contribution is 0.243. The Labute approximate surface area is 79.3 Å². The van der Waals surface area contributed by atoms with Gasteiger partial charge in [-0.3, -0.25) is 0 Å². The maximum atomic E-state index is 2.42. The van der Waals surface area contributed by atoms with Crippen LogP contribution in [0.3, 0.4) is 0 Å². The number of hydrogen-bond acceptors (Lipinski definition) is 0. The molecule has 0 radical (unpaired) electrons. The molecule has 4 atom stereocenters. The van der Waals surface area contributed by atoms with Crippen LogP contribution in [0.4, 0.5) is 0 Å². The fourth-order valence-electron chi connectivity index (χ4n) is 2.53. The molecule has 1 fully saturated rings. The zero-order valence-electron chi connectivity index (χ0n) is 8.93. The van der Waals surface area contributed by atoms with Crippen LogP contribution in [0.1, 0.15) is 40.0 Å². The second-order valence-corrected chi connectivity index (χ2v) is 6.04. The molecule has 0 amide bonds. The van der Waals surface area contributed by atoms with Crippen molar-refractivity contribution in [3.8, 4) is 0 Å². The van der Waals surface area contributed by atoms with Crippen LogP contribution in [0.2, 0.25) is 0 Å². The molecule has 0 saturated heterocycles. The van der Waals surface area contributed by atoms with Gasteiger partial charge in [0.05, 0.1) is 0 Å². The Balaban J connectivity index is 2.50. The Kier molecular flexibility index (Phi) is 4.03. The van der Waals surface area contributed by atoms with Crippen LogP contribution in [0, 0.1) is 17.8 Å². The van der Waals surface area contributed by atoms with Gasteiger partial charge in [-0.25, -0.2) is 0 Å². The summed E-state index contributed by atoms with van der Waals surface area (Å²) in [6.45, 7) is 9.60. The minimum atomic E-state index is 0.912. The Morgan fingerprint density at radius 3 is 2.42 bits per heavy atom. The first kappa shape index (κ1) is 10.5. The topological polar surface area (TPSA) is 0 Å². The molecule has 1 rings (SSSR count). The van der Waals surface area contributed by atoms with Crippen LogP contribution in [0.15, 0.2) is 0 Å². The summed E-state index contributed by atoms with van der Waals surface area (Å²) in [6, 6.07) is 0. The zero-order valence-corrected chi connectivity index (χ0v) is 9.93. The van der Waals surface area contributed by atoms with Gasteiger partial charge < -0.3 is 0 Å². The molecule has 0 spiro atoms. The van der Waals surface area contributed by atoms with E-state index in [0.717, 1.165) is 23.4 Å². The first-order chi connectivity index (χ1) is 5.65. The average molecular weight is 186 g/mol. The molecule has 0 nitrogen and oxygen atoms in total. The van der Waals surface area contributed by atoms with Gasteiger partial charge in [-0.15, -0.1) is 8.58 Å². The largest absolute Gasteiger partial charge is 0.122 e. The highest BCUT2D eigenvalue weighted by Crippen LogP contribution is 2.41. The summed E-state index contributed by atoms with van der Waals surface area (Å²) in [7, 11) is 1.17. The SMILES string of the molecule is CPC1CC(C)CCC1C(C)C. The molecule has 0 aliphatic heterocycles. The minimum Gasteiger partial charge on any atom is -0.122 e. The van der Waals surface area contributed by atoms with E-state index in [1.54, 1.807) is 0 Å². The van der Waals surface area contributed by atoms with Gasteiger partial charge in [0, 0.05) is 0 Å². The normalized spacial score (nSPS) is 38.2. The average Bonchev–Trinajstić information content (AvgIpc) is 2.03. The van der Waals surface area contributed by atoms with Gasteiger partial charge in [-0.2, -0.15) is 0 Å². The van der Waals surface area contributed by atoms with Crippen LogP contribution >= 0.6 is 8.58 Å². The molecule has 0 N–H and O–H groups in total. The van der Waals surface area contributed by atoms with E-state index >= 15 is 0 Å². The predicted molar refractivity (Wildman–Crippen MR) is 59.4 cm³/mol. The Hall–Kier alpha value is 0.430. The monoisotopic (exact) mass is 186 g/mol. The van der Waals surface area contributed by atoms with E-state index in [9.17, 15) is 0 Å². The van der Waals surface area contributed by atoms with E-state index in [-0.39, 0.29) is 0 Å². The van der Waals surface area contributed by atoms with Crippen LogP contribution in [-0.4, -0.2) is 12.3 Å². The van der Waals surface area contributed by atoms with Crippen molar-refractivity contribution in [3.05, 3.63) is 0 Å². The van der Waals surface area contributed by atoms with E-state index in [0.29, 0.717) is 0 Å². The van der Waals surface area contributed by atoms with Crippen molar-refractivity contribution < 1.29 is 0 Å². The first-order valence-corrected chi connectivity index (χ1v) is 6.90. The molecule has 1 aliphatic carbocycles. The van der Waals surface area contributed by atoms with Crippen LogP contribution in [0.25, 0.3) is 0 Å². The highest BCUT2D eigenvalue weighted by Gasteiger charge is 2.29. The van der Waals surface area contributed by atoms with Crippen LogP contribution < -0.4 is 0 Å². The number of hydrogen-bond donors (Lipinski definition) is 0. The molecular weight excluding hydrogens is 163 g/mol. The molecular formula is C11H23P. The minimum absolute atomic E-state index is 0.912. The summed E-state index contributed by atoms with van der Waals surface area (Å²) in [6.07, 6.45) is 4.46. The van der Waals surface area contributed by atoms with Crippen molar-refractivity contribution in [1.82, 2.24) is 0 Å². The van der Waals surface area contributed by atoms with Crippen molar-refractivity contribution in [2.45, 2.75) is 45.7 Å². The van der Waals surface area contributed by atoms with Gasteiger partial charge in [0.2, 0.25) is 0 Å². The van der Waals surface area contributed by atoms with E-state index in [1.165, 1.54) is 27.8 Å². The Bertz CT molecular complexity index is 131. The van der Waals surface area contributed by atoms with E-state index in [1.807, 2.05) is 0 Å². The highest BCUT2D eigenvalue weighted by molar-refractivity contribution is 7.37. The molecule has 0 bridgehead atoms. The lowest BCUT2D eigenvalue weighted by atomic mass is 9.77. The lowest BCUT2D eigenvalue weighted by Gasteiger charge is -2.36. The quantitative estimate of drug-likeness (QED) is 0.576. The highest BCUT2D eigenvalue weighted by atomic mass is 31.1. The van der Waals surface area contributed by atoms with Gasteiger partial charge in [0.1, 0.15) is 0 Å². The third-order valence-electron chi connectivity index (χ3n) is 3.39. The fraction of sp³-hybridized carbons (Fsp3) is 1.00.